The van der Waals surface area contributed by atoms with Gasteiger partial charge >= 0.3 is 35.8 Å². The van der Waals surface area contributed by atoms with Crippen molar-refractivity contribution >= 4 is 5.84 Å². The molecule has 0 atom stereocenters. The number of rotatable bonds is 5. The van der Waals surface area contributed by atoms with Gasteiger partial charge in [-0.2, -0.15) is 57.1 Å². The first-order valence-corrected chi connectivity index (χ1v) is 4.50. The minimum absolute atomic E-state index is 3.15. The second-order valence-corrected chi connectivity index (χ2v) is 3.78. The highest BCUT2D eigenvalue weighted by Crippen LogP contribution is 2.60. The highest BCUT2D eigenvalue weighted by atomic mass is 19.4. The van der Waals surface area contributed by atoms with Crippen LogP contribution < -0.4 is 5.73 Å². The average molecular weight is 362 g/mol. The van der Waals surface area contributed by atoms with E-state index in [0.717, 1.165) is 0 Å². The summed E-state index contributed by atoms with van der Waals surface area (Å²) in [5.41, 5.74) is 3.76. The van der Waals surface area contributed by atoms with Crippen LogP contribution in [-0.4, -0.2) is 41.6 Å². The number of nitrogens with one attached hydrogen (secondary N) is 1. The maximum atomic E-state index is 12.7. The summed E-state index contributed by atoms with van der Waals surface area (Å²) in [6, 6.07) is 0. The van der Waals surface area contributed by atoms with Crippen molar-refractivity contribution in [3.8, 4) is 0 Å². The molecule has 0 radical (unpaired) electrons. The SMILES string of the molecule is N=C(N)C(F)(F)C(F)(F)C(F)(F)C(F)(F)C(F)(F)C(F)(F)F. The van der Waals surface area contributed by atoms with Gasteiger partial charge in [0.1, 0.15) is 0 Å². The lowest BCUT2D eigenvalue weighted by molar-refractivity contribution is -0.434. The molecule has 2 nitrogen and oxygen atoms in total. The Kier molecular flexibility index (Phi) is 4.46. The Labute approximate surface area is 111 Å². The molecule has 0 aliphatic carbocycles. The van der Waals surface area contributed by atoms with Crippen molar-refractivity contribution in [2.45, 2.75) is 35.8 Å². The molecule has 0 bridgehead atoms. The number of amidine groups is 1. The quantitative estimate of drug-likeness (QED) is 0.438. The molecule has 0 aromatic heterocycles. The average Bonchev–Trinajstić information content (AvgIpc) is 2.25. The third kappa shape index (κ3) is 2.33. The second-order valence-electron chi connectivity index (χ2n) is 3.78. The molecule has 0 aliphatic heterocycles. The van der Waals surface area contributed by atoms with E-state index < -0.39 is 41.6 Å². The summed E-state index contributed by atoms with van der Waals surface area (Å²) in [5.74, 6) is -41.0. The van der Waals surface area contributed by atoms with Crippen LogP contribution in [0.5, 0.6) is 0 Å². The van der Waals surface area contributed by atoms with E-state index in [-0.39, 0.29) is 0 Å². The summed E-state index contributed by atoms with van der Waals surface area (Å²) < 4.78 is 161. The van der Waals surface area contributed by atoms with Gasteiger partial charge < -0.3 is 5.73 Å². The fourth-order valence-electron chi connectivity index (χ4n) is 0.939. The number of nitrogens with two attached hydrogens (primary N) is 1. The molecule has 0 saturated carbocycles. The van der Waals surface area contributed by atoms with Crippen LogP contribution in [0.25, 0.3) is 0 Å². The zero-order chi connectivity index (χ0) is 18.6. The van der Waals surface area contributed by atoms with E-state index >= 15 is 0 Å². The summed E-state index contributed by atoms with van der Waals surface area (Å²) >= 11 is 0. The van der Waals surface area contributed by atoms with E-state index in [1.54, 1.807) is 0 Å². The molecule has 0 spiro atoms. The number of hydrogen-bond acceptors (Lipinski definition) is 1. The van der Waals surface area contributed by atoms with E-state index in [4.69, 9.17) is 5.41 Å². The summed E-state index contributed by atoms with van der Waals surface area (Å²) in [6.45, 7) is 0. The molecular weight excluding hydrogens is 359 g/mol. The van der Waals surface area contributed by atoms with Gasteiger partial charge in [0.25, 0.3) is 0 Å². The molecule has 0 rings (SSSR count). The van der Waals surface area contributed by atoms with Gasteiger partial charge in [0.2, 0.25) is 0 Å². The minimum Gasteiger partial charge on any atom is -0.382 e. The lowest BCUT2D eigenvalue weighted by atomic mass is 9.93. The molecule has 0 saturated heterocycles. The number of hydrogen-bond donors (Lipinski definition) is 2. The van der Waals surface area contributed by atoms with Gasteiger partial charge in [-0.15, -0.1) is 0 Å². The number of alkyl halides is 13. The normalized spacial score (nSPS) is 15.9. The third-order valence-electron chi connectivity index (χ3n) is 2.27. The maximum absolute atomic E-state index is 12.7. The van der Waals surface area contributed by atoms with Crippen LogP contribution >= 0.6 is 0 Å². The summed E-state index contributed by atoms with van der Waals surface area (Å²) in [7, 11) is 0. The maximum Gasteiger partial charge on any atom is 0.460 e. The molecule has 0 unspecified atom stereocenters. The summed E-state index contributed by atoms with van der Waals surface area (Å²) in [4.78, 5) is 0. The molecule has 0 fully saturated rings. The monoisotopic (exact) mass is 362 g/mol. The van der Waals surface area contributed by atoms with E-state index in [1.807, 2.05) is 0 Å². The van der Waals surface area contributed by atoms with E-state index in [2.05, 4.69) is 5.73 Å². The van der Waals surface area contributed by atoms with Crippen LogP contribution in [0, 0.1) is 5.41 Å². The first kappa shape index (κ1) is 20.6. The predicted octanol–water partition coefficient (Wildman–Crippen LogP) is 3.66. The summed E-state index contributed by atoms with van der Waals surface area (Å²) in [5, 5.41) is 5.88. The molecule has 0 aromatic carbocycles. The zero-order valence-electron chi connectivity index (χ0n) is 9.49. The smallest absolute Gasteiger partial charge is 0.382 e. The van der Waals surface area contributed by atoms with Gasteiger partial charge in [-0.3, -0.25) is 5.41 Å². The van der Waals surface area contributed by atoms with E-state index in [1.165, 1.54) is 0 Å². The highest BCUT2D eigenvalue weighted by molar-refractivity contribution is 5.85. The largest absolute Gasteiger partial charge is 0.460 e. The predicted molar refractivity (Wildman–Crippen MR) is 42.7 cm³/mol. The van der Waals surface area contributed by atoms with Crippen molar-refractivity contribution in [2.24, 2.45) is 5.73 Å². The van der Waals surface area contributed by atoms with Crippen molar-refractivity contribution in [1.82, 2.24) is 0 Å². The Balaban J connectivity index is 6.29. The zero-order valence-corrected chi connectivity index (χ0v) is 9.49. The highest BCUT2D eigenvalue weighted by Gasteiger charge is 2.91. The van der Waals surface area contributed by atoms with Crippen LogP contribution in [-0.2, 0) is 0 Å². The summed E-state index contributed by atoms with van der Waals surface area (Å²) in [6.07, 6.45) is -7.46. The first-order valence-electron chi connectivity index (χ1n) is 4.50. The molecule has 132 valence electrons. The van der Waals surface area contributed by atoms with Crippen LogP contribution in [0.4, 0.5) is 57.1 Å². The molecule has 0 aromatic rings. The molecule has 0 amide bonds. The Hall–Kier alpha value is -1.44. The molecule has 0 aliphatic rings. The Bertz CT molecular complexity index is 448. The molecule has 0 heterocycles. The fraction of sp³-hybridized carbons (Fsp3) is 0.857. The van der Waals surface area contributed by atoms with Gasteiger partial charge in [0, 0.05) is 0 Å². The topological polar surface area (TPSA) is 49.9 Å². The van der Waals surface area contributed by atoms with Crippen molar-refractivity contribution in [3.05, 3.63) is 0 Å². The van der Waals surface area contributed by atoms with Crippen LogP contribution in [0.15, 0.2) is 0 Å². The number of halogens is 13. The molecular formula is C7H3F13N2. The van der Waals surface area contributed by atoms with Crippen molar-refractivity contribution < 1.29 is 57.1 Å². The van der Waals surface area contributed by atoms with Gasteiger partial charge in [-0.25, -0.2) is 0 Å². The fourth-order valence-corrected chi connectivity index (χ4v) is 0.939. The molecule has 15 heteroatoms. The Morgan fingerprint density at radius 2 is 0.818 bits per heavy atom. The van der Waals surface area contributed by atoms with Crippen LogP contribution in [0.2, 0.25) is 0 Å². The molecule has 22 heavy (non-hydrogen) atoms. The standard InChI is InChI=1S/C7H3F13N2/c8-2(9,1(21)22)3(10,11)4(12,13)5(14,15)6(16,17)7(18,19)20/h(H3,21,22). The molecule has 3 N–H and O–H groups in total. The Morgan fingerprint density at radius 1 is 0.545 bits per heavy atom. The van der Waals surface area contributed by atoms with Crippen molar-refractivity contribution in [3.63, 3.8) is 0 Å². The second kappa shape index (κ2) is 4.78. The van der Waals surface area contributed by atoms with Crippen LogP contribution in [0.1, 0.15) is 0 Å². The van der Waals surface area contributed by atoms with Gasteiger partial charge in [0.15, 0.2) is 5.84 Å². The van der Waals surface area contributed by atoms with Gasteiger partial charge in [-0.05, 0) is 0 Å². The van der Waals surface area contributed by atoms with E-state index in [9.17, 15) is 57.1 Å². The van der Waals surface area contributed by atoms with Gasteiger partial charge in [0.05, 0.1) is 0 Å². The first-order chi connectivity index (χ1) is 9.19. The Morgan fingerprint density at radius 3 is 1.05 bits per heavy atom. The minimum atomic E-state index is -7.97. The van der Waals surface area contributed by atoms with Crippen molar-refractivity contribution in [2.75, 3.05) is 0 Å². The van der Waals surface area contributed by atoms with Gasteiger partial charge in [-0.1, -0.05) is 0 Å². The third-order valence-corrected chi connectivity index (χ3v) is 2.27. The van der Waals surface area contributed by atoms with Crippen molar-refractivity contribution in [1.29, 1.82) is 5.41 Å². The lowest BCUT2D eigenvalue weighted by Gasteiger charge is -2.39. The van der Waals surface area contributed by atoms with E-state index in [0.29, 0.717) is 0 Å². The van der Waals surface area contributed by atoms with Crippen LogP contribution in [0.3, 0.4) is 0 Å². The lowest BCUT2D eigenvalue weighted by Crippen LogP contribution is -2.71.